The fourth-order valence-electron chi connectivity index (χ4n) is 2.54. The summed E-state index contributed by atoms with van der Waals surface area (Å²) in [6.07, 6.45) is 0. The highest BCUT2D eigenvalue weighted by Crippen LogP contribution is 2.31. The van der Waals surface area contributed by atoms with Crippen LogP contribution in [0, 0.1) is 13.8 Å². The first-order valence-electron chi connectivity index (χ1n) is 8.45. The summed E-state index contributed by atoms with van der Waals surface area (Å²) in [7, 11) is 0. The molecule has 6 heteroatoms. The van der Waals surface area contributed by atoms with Crippen LogP contribution in [0.2, 0.25) is 0 Å². The molecule has 0 aliphatic carbocycles. The average Bonchev–Trinajstić information content (AvgIpc) is 2.51. The molecule has 138 valence electrons. The van der Waals surface area contributed by atoms with E-state index in [9.17, 15) is 9.35 Å². The van der Waals surface area contributed by atoms with Crippen molar-refractivity contribution >= 4 is 34.1 Å². The minimum atomic E-state index is -1.21. The van der Waals surface area contributed by atoms with E-state index < -0.39 is 11.4 Å². The maximum absolute atomic E-state index is 12.8. The number of aryl methyl sites for hydroxylation is 1. The van der Waals surface area contributed by atoms with Crippen LogP contribution in [-0.2, 0) is 11.4 Å². The Morgan fingerprint density at radius 2 is 1.96 bits per heavy atom. The van der Waals surface area contributed by atoms with Gasteiger partial charge in [-0.05, 0) is 58.9 Å². The summed E-state index contributed by atoms with van der Waals surface area (Å²) >= 11 is 0.316. The molecule has 1 heterocycles. The van der Waals surface area contributed by atoms with E-state index in [4.69, 9.17) is 4.42 Å². The number of rotatable bonds is 5. The van der Waals surface area contributed by atoms with Gasteiger partial charge in [0.25, 0.3) is 0 Å². The first-order valence-corrected chi connectivity index (χ1v) is 10.6. The van der Waals surface area contributed by atoms with Crippen LogP contribution in [0.5, 0.6) is 0 Å². The molecule has 0 saturated carbocycles. The Hall–Kier alpha value is -0.950. The van der Waals surface area contributed by atoms with Gasteiger partial charge < -0.3 is 8.97 Å². The third-order valence-electron chi connectivity index (χ3n) is 3.93. The van der Waals surface area contributed by atoms with Gasteiger partial charge in [0.1, 0.15) is 10.3 Å². The van der Waals surface area contributed by atoms with Crippen molar-refractivity contribution in [3.8, 4) is 0 Å². The van der Waals surface area contributed by atoms with Crippen LogP contribution in [0.3, 0.4) is 0 Å². The molecule has 0 fully saturated rings. The first kappa shape index (κ1) is 20.4. The topological polar surface area (TPSA) is 65.3 Å². The SMILES string of the molecule is CCSc1oc2c(C(C)N[S+]([O-])C(C)(C)C)cc(C)cc2c(=O)c1C. The zero-order valence-electron chi connectivity index (χ0n) is 16.0. The monoisotopic (exact) mass is 381 g/mol. The molecule has 0 aliphatic rings. The Morgan fingerprint density at radius 1 is 1.32 bits per heavy atom. The fourth-order valence-corrected chi connectivity index (χ4v) is 4.05. The molecular formula is C19H27NO3S2. The van der Waals surface area contributed by atoms with Crippen LogP contribution in [0.4, 0.5) is 0 Å². The average molecular weight is 382 g/mol. The summed E-state index contributed by atoms with van der Waals surface area (Å²) in [4.78, 5) is 12.8. The largest absolute Gasteiger partial charge is 0.598 e. The predicted octanol–water partition coefficient (Wildman–Crippen LogP) is 4.63. The highest BCUT2D eigenvalue weighted by Gasteiger charge is 2.29. The van der Waals surface area contributed by atoms with Crippen molar-refractivity contribution in [1.82, 2.24) is 4.72 Å². The molecule has 2 aromatic rings. The minimum absolute atomic E-state index is 0.00583. The van der Waals surface area contributed by atoms with Crippen molar-refractivity contribution in [2.45, 2.75) is 64.3 Å². The van der Waals surface area contributed by atoms with Gasteiger partial charge in [-0.1, -0.05) is 24.8 Å². The van der Waals surface area contributed by atoms with E-state index >= 15 is 0 Å². The molecule has 2 atom stereocenters. The number of thioether (sulfide) groups is 1. The third kappa shape index (κ3) is 4.42. The van der Waals surface area contributed by atoms with Gasteiger partial charge in [0.15, 0.2) is 10.5 Å². The highest BCUT2D eigenvalue weighted by atomic mass is 32.2. The summed E-state index contributed by atoms with van der Waals surface area (Å²) in [5.74, 6) is 0.832. The van der Waals surface area contributed by atoms with Crippen molar-refractivity contribution < 1.29 is 8.97 Å². The van der Waals surface area contributed by atoms with E-state index in [0.717, 1.165) is 16.9 Å². The van der Waals surface area contributed by atoms with Crippen LogP contribution in [0.25, 0.3) is 11.0 Å². The zero-order valence-corrected chi connectivity index (χ0v) is 17.6. The summed E-state index contributed by atoms with van der Waals surface area (Å²) in [5.41, 5.74) is 3.09. The normalized spacial score (nSPS) is 14.7. The molecule has 0 aliphatic heterocycles. The Morgan fingerprint density at radius 3 is 2.52 bits per heavy atom. The molecule has 4 nitrogen and oxygen atoms in total. The van der Waals surface area contributed by atoms with Crippen molar-refractivity contribution in [2.24, 2.45) is 0 Å². The van der Waals surface area contributed by atoms with Crippen LogP contribution >= 0.6 is 11.8 Å². The second-order valence-corrected chi connectivity index (χ2v) is 10.5. The second-order valence-electron chi connectivity index (χ2n) is 7.23. The first-order chi connectivity index (χ1) is 11.6. The van der Waals surface area contributed by atoms with Crippen LogP contribution in [0.15, 0.2) is 26.4 Å². The molecule has 0 saturated heterocycles. The number of nitrogens with one attached hydrogen (secondary N) is 1. The summed E-state index contributed by atoms with van der Waals surface area (Å²) < 4.78 is 21.4. The smallest absolute Gasteiger partial charge is 0.196 e. The Labute approximate surface area is 157 Å². The molecule has 0 amide bonds. The van der Waals surface area contributed by atoms with E-state index in [1.807, 2.05) is 60.6 Å². The van der Waals surface area contributed by atoms with Gasteiger partial charge in [-0.2, -0.15) is 0 Å². The van der Waals surface area contributed by atoms with E-state index in [0.29, 0.717) is 21.6 Å². The second kappa shape index (κ2) is 7.74. The fraction of sp³-hybridized carbons (Fsp3) is 0.526. The lowest BCUT2D eigenvalue weighted by atomic mass is 10.0. The zero-order chi connectivity index (χ0) is 18.9. The molecule has 1 aromatic carbocycles. The van der Waals surface area contributed by atoms with Crippen molar-refractivity contribution in [1.29, 1.82) is 0 Å². The maximum Gasteiger partial charge on any atom is 0.196 e. The quantitative estimate of drug-likeness (QED) is 0.604. The number of benzene rings is 1. The maximum atomic E-state index is 12.8. The van der Waals surface area contributed by atoms with E-state index in [1.54, 1.807) is 0 Å². The van der Waals surface area contributed by atoms with Gasteiger partial charge in [-0.3, -0.25) is 4.79 Å². The summed E-state index contributed by atoms with van der Waals surface area (Å²) in [6.45, 7) is 13.5. The van der Waals surface area contributed by atoms with E-state index in [1.165, 1.54) is 11.8 Å². The standard InChI is InChI=1S/C19H27NO3S2/c1-8-24-18-12(3)16(21)15-10-11(2)9-14(17(15)23-18)13(4)20-25(22)19(5,6)7/h9-10,13,20H,8H2,1-7H3. The molecule has 0 bridgehead atoms. The van der Waals surface area contributed by atoms with Gasteiger partial charge >= 0.3 is 0 Å². The van der Waals surface area contributed by atoms with Crippen LogP contribution < -0.4 is 10.2 Å². The van der Waals surface area contributed by atoms with Crippen molar-refractivity contribution in [3.05, 3.63) is 39.0 Å². The Balaban J connectivity index is 2.61. The summed E-state index contributed by atoms with van der Waals surface area (Å²) in [5, 5.41) is 1.25. The van der Waals surface area contributed by atoms with E-state index in [-0.39, 0.29) is 16.2 Å². The minimum Gasteiger partial charge on any atom is -0.598 e. The lowest BCUT2D eigenvalue weighted by Gasteiger charge is -2.27. The molecule has 2 unspecified atom stereocenters. The molecule has 1 aromatic heterocycles. The number of fused-ring (bicyclic) bond motifs is 1. The molecule has 0 spiro atoms. The van der Waals surface area contributed by atoms with Crippen molar-refractivity contribution in [3.63, 3.8) is 0 Å². The summed E-state index contributed by atoms with van der Waals surface area (Å²) in [6, 6.07) is 3.66. The van der Waals surface area contributed by atoms with Gasteiger partial charge in [0, 0.05) is 22.5 Å². The predicted molar refractivity (Wildman–Crippen MR) is 108 cm³/mol. The lowest BCUT2D eigenvalue weighted by Crippen LogP contribution is -2.40. The molecular weight excluding hydrogens is 354 g/mol. The lowest BCUT2D eigenvalue weighted by molar-refractivity contribution is 0.484. The molecule has 0 radical (unpaired) electrons. The van der Waals surface area contributed by atoms with E-state index in [2.05, 4.69) is 4.72 Å². The van der Waals surface area contributed by atoms with Crippen LogP contribution in [-0.4, -0.2) is 15.1 Å². The molecule has 1 N–H and O–H groups in total. The Kier molecular flexibility index (Phi) is 6.30. The Bertz CT molecular complexity index is 824. The number of hydrogen-bond donors (Lipinski definition) is 1. The highest BCUT2D eigenvalue weighted by molar-refractivity contribution is 7.99. The molecule has 25 heavy (non-hydrogen) atoms. The van der Waals surface area contributed by atoms with Crippen LogP contribution in [0.1, 0.15) is 57.4 Å². The van der Waals surface area contributed by atoms with Gasteiger partial charge in [0.05, 0.1) is 11.4 Å². The van der Waals surface area contributed by atoms with Crippen molar-refractivity contribution in [2.75, 3.05) is 5.75 Å². The third-order valence-corrected chi connectivity index (χ3v) is 6.55. The number of hydrogen-bond acceptors (Lipinski definition) is 5. The van der Waals surface area contributed by atoms with Gasteiger partial charge in [-0.15, -0.1) is 4.72 Å². The van der Waals surface area contributed by atoms with Gasteiger partial charge in [0.2, 0.25) is 0 Å². The molecule has 2 rings (SSSR count). The van der Waals surface area contributed by atoms with Gasteiger partial charge in [-0.25, -0.2) is 0 Å².